The van der Waals surface area contributed by atoms with Crippen LogP contribution in [0.4, 0.5) is 0 Å². The summed E-state index contributed by atoms with van der Waals surface area (Å²) < 4.78 is 0. The van der Waals surface area contributed by atoms with Crippen LogP contribution < -0.4 is 0 Å². The number of carboxylic acid groups (broad SMARTS) is 1. The Morgan fingerprint density at radius 2 is 2.14 bits per heavy atom. The first-order chi connectivity index (χ1) is 6.59. The molecule has 0 aliphatic carbocycles. The third-order valence-electron chi connectivity index (χ3n) is 1.77. The van der Waals surface area contributed by atoms with Gasteiger partial charge in [-0.2, -0.15) is 11.3 Å². The highest BCUT2D eigenvalue weighted by Gasteiger charge is 1.96. The lowest BCUT2D eigenvalue weighted by Crippen LogP contribution is -1.88. The average molecular weight is 208 g/mol. The summed E-state index contributed by atoms with van der Waals surface area (Å²) in [6.07, 6.45) is 3.08. The zero-order valence-corrected chi connectivity index (χ0v) is 8.97. The van der Waals surface area contributed by atoms with Gasteiger partial charge in [0.15, 0.2) is 0 Å². The predicted octanol–water partition coefficient (Wildman–Crippen LogP) is 3.18. The zero-order valence-electron chi connectivity index (χ0n) is 8.15. The highest BCUT2D eigenvalue weighted by molar-refractivity contribution is 7.08. The van der Waals surface area contributed by atoms with E-state index in [2.05, 4.69) is 0 Å². The Hall–Kier alpha value is -1.35. The monoisotopic (exact) mass is 208 g/mol. The summed E-state index contributed by atoms with van der Waals surface area (Å²) in [4.78, 5) is 10.4. The molecule has 0 aromatic carbocycles. The van der Waals surface area contributed by atoms with Crippen LogP contribution in [0, 0.1) is 0 Å². The van der Waals surface area contributed by atoms with E-state index in [-0.39, 0.29) is 0 Å². The molecule has 2 nitrogen and oxygen atoms in total. The summed E-state index contributed by atoms with van der Waals surface area (Å²) in [5, 5.41) is 12.6. The summed E-state index contributed by atoms with van der Waals surface area (Å²) in [6.45, 7) is 3.76. The molecule has 0 radical (unpaired) electrons. The van der Waals surface area contributed by atoms with Crippen molar-refractivity contribution in [1.29, 1.82) is 0 Å². The van der Waals surface area contributed by atoms with Gasteiger partial charge in [-0.3, -0.25) is 0 Å². The summed E-state index contributed by atoms with van der Waals surface area (Å²) in [6, 6.07) is 2.02. The Morgan fingerprint density at radius 1 is 1.43 bits per heavy atom. The van der Waals surface area contributed by atoms with Gasteiger partial charge in [-0.25, -0.2) is 4.79 Å². The molecule has 0 spiro atoms. The molecular formula is C11H12O2S. The molecule has 1 aromatic rings. The van der Waals surface area contributed by atoms with Gasteiger partial charge in [0.2, 0.25) is 0 Å². The normalized spacial score (nSPS) is 13.0. The molecule has 1 N–H and O–H groups in total. The lowest BCUT2D eigenvalue weighted by molar-refractivity contribution is -0.131. The fourth-order valence-corrected chi connectivity index (χ4v) is 1.86. The van der Waals surface area contributed by atoms with E-state index in [1.54, 1.807) is 18.3 Å². The third kappa shape index (κ3) is 3.18. The van der Waals surface area contributed by atoms with Crippen LogP contribution in [0.25, 0.3) is 5.57 Å². The van der Waals surface area contributed by atoms with Crippen molar-refractivity contribution in [2.45, 2.75) is 13.8 Å². The van der Waals surface area contributed by atoms with Crippen molar-refractivity contribution in [3.63, 3.8) is 0 Å². The van der Waals surface area contributed by atoms with Crippen molar-refractivity contribution in [3.8, 4) is 0 Å². The summed E-state index contributed by atoms with van der Waals surface area (Å²) >= 11 is 1.63. The summed E-state index contributed by atoms with van der Waals surface area (Å²) in [7, 11) is 0. The Labute approximate surface area is 87.2 Å². The van der Waals surface area contributed by atoms with Gasteiger partial charge in [0.1, 0.15) is 0 Å². The molecule has 1 rings (SSSR count). The third-order valence-corrected chi connectivity index (χ3v) is 2.46. The molecule has 1 aromatic heterocycles. The molecule has 0 fully saturated rings. The average Bonchev–Trinajstić information content (AvgIpc) is 2.53. The maximum absolute atomic E-state index is 10.4. The van der Waals surface area contributed by atoms with Gasteiger partial charge in [-0.15, -0.1) is 0 Å². The number of carbonyl (C=O) groups is 1. The van der Waals surface area contributed by atoms with E-state index in [0.717, 1.165) is 16.7 Å². The van der Waals surface area contributed by atoms with Crippen LogP contribution in [-0.4, -0.2) is 11.1 Å². The van der Waals surface area contributed by atoms with Crippen molar-refractivity contribution >= 4 is 22.9 Å². The van der Waals surface area contributed by atoms with Crippen LogP contribution >= 0.6 is 11.3 Å². The van der Waals surface area contributed by atoms with Gasteiger partial charge in [0.25, 0.3) is 0 Å². The van der Waals surface area contributed by atoms with E-state index in [1.807, 2.05) is 29.8 Å². The van der Waals surface area contributed by atoms with Crippen molar-refractivity contribution in [1.82, 2.24) is 0 Å². The molecule has 0 amide bonds. The molecule has 0 saturated carbocycles. The molecule has 0 bridgehead atoms. The first-order valence-corrected chi connectivity index (χ1v) is 5.16. The van der Waals surface area contributed by atoms with Crippen LogP contribution in [0.2, 0.25) is 0 Å². The summed E-state index contributed by atoms with van der Waals surface area (Å²) in [5.41, 5.74) is 2.98. The SMILES string of the molecule is CC(=C/C(=O)O)/C=C(\C)c1ccsc1. The summed E-state index contributed by atoms with van der Waals surface area (Å²) in [5.74, 6) is -0.906. The minimum atomic E-state index is -0.906. The number of rotatable bonds is 3. The Morgan fingerprint density at radius 3 is 2.64 bits per heavy atom. The second-order valence-corrected chi connectivity index (χ2v) is 3.85. The van der Waals surface area contributed by atoms with Gasteiger partial charge in [0.05, 0.1) is 0 Å². The second-order valence-electron chi connectivity index (χ2n) is 3.07. The first-order valence-electron chi connectivity index (χ1n) is 4.21. The number of hydrogen-bond acceptors (Lipinski definition) is 2. The molecule has 1 heterocycles. The van der Waals surface area contributed by atoms with Gasteiger partial charge < -0.3 is 5.11 Å². The van der Waals surface area contributed by atoms with Crippen molar-refractivity contribution in [3.05, 3.63) is 40.1 Å². The second kappa shape index (κ2) is 4.77. The highest BCUT2D eigenvalue weighted by Crippen LogP contribution is 2.18. The molecule has 14 heavy (non-hydrogen) atoms. The van der Waals surface area contributed by atoms with Crippen molar-refractivity contribution < 1.29 is 9.90 Å². The van der Waals surface area contributed by atoms with Crippen LogP contribution in [0.1, 0.15) is 19.4 Å². The minimum Gasteiger partial charge on any atom is -0.478 e. The topological polar surface area (TPSA) is 37.3 Å². The van der Waals surface area contributed by atoms with Gasteiger partial charge >= 0.3 is 5.97 Å². The van der Waals surface area contributed by atoms with Crippen LogP contribution in [0.3, 0.4) is 0 Å². The standard InChI is InChI=1S/C11H12O2S/c1-8(6-11(12)13)5-9(2)10-3-4-14-7-10/h3-7H,1-2H3,(H,12,13)/b8-6-,9-5+. The van der Waals surface area contributed by atoms with Crippen LogP contribution in [0.5, 0.6) is 0 Å². The van der Waals surface area contributed by atoms with Crippen molar-refractivity contribution in [2.75, 3.05) is 0 Å². The van der Waals surface area contributed by atoms with E-state index in [1.165, 1.54) is 6.08 Å². The van der Waals surface area contributed by atoms with Gasteiger partial charge in [0, 0.05) is 6.08 Å². The van der Waals surface area contributed by atoms with Crippen LogP contribution in [0.15, 0.2) is 34.6 Å². The van der Waals surface area contributed by atoms with Crippen LogP contribution in [-0.2, 0) is 4.79 Å². The quantitative estimate of drug-likeness (QED) is 0.612. The zero-order chi connectivity index (χ0) is 10.6. The molecule has 0 atom stereocenters. The fraction of sp³-hybridized carbons (Fsp3) is 0.182. The smallest absolute Gasteiger partial charge is 0.328 e. The number of thiophene rings is 1. The lowest BCUT2D eigenvalue weighted by Gasteiger charge is -1.96. The maximum Gasteiger partial charge on any atom is 0.328 e. The van der Waals surface area contributed by atoms with Gasteiger partial charge in [-0.1, -0.05) is 6.08 Å². The number of aliphatic carboxylic acids is 1. The molecule has 0 aliphatic heterocycles. The van der Waals surface area contributed by atoms with E-state index in [0.29, 0.717) is 0 Å². The Bertz CT molecular complexity index is 372. The molecule has 3 heteroatoms. The molecule has 0 saturated heterocycles. The largest absolute Gasteiger partial charge is 0.478 e. The maximum atomic E-state index is 10.4. The number of allylic oxidation sites excluding steroid dienone is 3. The van der Waals surface area contributed by atoms with Gasteiger partial charge in [-0.05, 0) is 47.4 Å². The minimum absolute atomic E-state index is 0.751. The van der Waals surface area contributed by atoms with E-state index < -0.39 is 5.97 Å². The Balaban J connectivity index is 2.84. The van der Waals surface area contributed by atoms with E-state index in [9.17, 15) is 4.79 Å². The molecule has 0 aliphatic rings. The predicted molar refractivity (Wildman–Crippen MR) is 59.4 cm³/mol. The number of hydrogen-bond donors (Lipinski definition) is 1. The van der Waals surface area contributed by atoms with E-state index >= 15 is 0 Å². The van der Waals surface area contributed by atoms with E-state index in [4.69, 9.17) is 5.11 Å². The molecule has 0 unspecified atom stereocenters. The molecular weight excluding hydrogens is 196 g/mol. The lowest BCUT2D eigenvalue weighted by atomic mass is 10.1. The Kier molecular flexibility index (Phi) is 3.65. The molecule has 74 valence electrons. The van der Waals surface area contributed by atoms with Crippen molar-refractivity contribution in [2.24, 2.45) is 0 Å². The fourth-order valence-electron chi connectivity index (χ4n) is 1.15. The first kappa shape index (κ1) is 10.7. The highest BCUT2D eigenvalue weighted by atomic mass is 32.1. The number of carboxylic acids is 1.